The van der Waals surface area contributed by atoms with Gasteiger partial charge in [0.15, 0.2) is 0 Å². The Kier molecular flexibility index (Phi) is 6.46. The molecule has 4 aromatic rings. The summed E-state index contributed by atoms with van der Waals surface area (Å²) in [5.74, 6) is -0.842. The van der Waals surface area contributed by atoms with E-state index in [-0.39, 0.29) is 12.3 Å². The van der Waals surface area contributed by atoms with E-state index in [2.05, 4.69) is 17.1 Å². The molecular weight excluding hydrogens is 488 g/mol. The van der Waals surface area contributed by atoms with Gasteiger partial charge in [0.25, 0.3) is 0 Å². The second-order valence-corrected chi connectivity index (χ2v) is 10.3. The summed E-state index contributed by atoms with van der Waals surface area (Å²) in [6, 6.07) is 31.0. The van der Waals surface area contributed by atoms with Crippen molar-refractivity contribution in [3.8, 4) is 11.1 Å². The molecule has 39 heavy (non-hydrogen) atoms. The van der Waals surface area contributed by atoms with Gasteiger partial charge in [0.05, 0.1) is 16.8 Å². The molecule has 2 aliphatic rings. The molecule has 1 fully saturated rings. The van der Waals surface area contributed by atoms with Crippen LogP contribution >= 0.6 is 0 Å². The number of benzene rings is 3. The first-order valence-electron chi connectivity index (χ1n) is 13.2. The summed E-state index contributed by atoms with van der Waals surface area (Å²) in [7, 11) is 0. The smallest absolute Gasteiger partial charge is 0.247 e. The topological polar surface area (TPSA) is 99.8 Å². The number of aromatic nitrogens is 1. The van der Waals surface area contributed by atoms with Gasteiger partial charge >= 0.3 is 0 Å². The van der Waals surface area contributed by atoms with E-state index in [4.69, 9.17) is 5.73 Å². The highest BCUT2D eigenvalue weighted by Crippen LogP contribution is 2.52. The molecule has 0 saturated carbocycles. The van der Waals surface area contributed by atoms with Crippen molar-refractivity contribution in [2.24, 2.45) is 5.73 Å². The largest absolute Gasteiger partial charge is 0.382 e. The number of aliphatic hydroxyl groups is 1. The van der Waals surface area contributed by atoms with Crippen molar-refractivity contribution in [2.75, 3.05) is 11.4 Å². The maximum absolute atomic E-state index is 14.4. The summed E-state index contributed by atoms with van der Waals surface area (Å²) in [4.78, 5) is 34.8. The predicted octanol–water partition coefficient (Wildman–Crippen LogP) is 4.18. The number of anilines is 2. The van der Waals surface area contributed by atoms with Gasteiger partial charge in [-0.2, -0.15) is 0 Å². The summed E-state index contributed by atoms with van der Waals surface area (Å²) in [5, 5.41) is 10.9. The van der Waals surface area contributed by atoms with E-state index in [9.17, 15) is 14.7 Å². The molecule has 0 bridgehead atoms. The molecule has 1 saturated heterocycles. The summed E-state index contributed by atoms with van der Waals surface area (Å²) in [6.45, 7) is 0.957. The number of pyridine rings is 1. The fourth-order valence-electron chi connectivity index (χ4n) is 6.13. The van der Waals surface area contributed by atoms with Crippen molar-refractivity contribution >= 4 is 23.2 Å². The Morgan fingerprint density at radius 1 is 0.949 bits per heavy atom. The van der Waals surface area contributed by atoms with Gasteiger partial charge in [-0.15, -0.1) is 0 Å². The van der Waals surface area contributed by atoms with Crippen molar-refractivity contribution in [3.05, 3.63) is 115 Å². The summed E-state index contributed by atoms with van der Waals surface area (Å²) < 4.78 is 0. The van der Waals surface area contributed by atoms with Crippen LogP contribution in [0.5, 0.6) is 0 Å². The molecule has 3 atom stereocenters. The molecule has 0 aliphatic carbocycles. The first-order chi connectivity index (χ1) is 19.0. The molecule has 2 amide bonds. The fraction of sp³-hybridized carbons (Fsp3) is 0.219. The van der Waals surface area contributed by atoms with Crippen molar-refractivity contribution in [1.29, 1.82) is 0 Å². The van der Waals surface area contributed by atoms with Crippen molar-refractivity contribution in [3.63, 3.8) is 0 Å². The van der Waals surface area contributed by atoms with E-state index < -0.39 is 23.5 Å². The molecule has 3 N–H and O–H groups in total. The number of aliphatic hydroxyl groups excluding tert-OH is 1. The van der Waals surface area contributed by atoms with Crippen LogP contribution in [0.25, 0.3) is 11.1 Å². The first-order valence-corrected chi connectivity index (χ1v) is 13.2. The second kappa shape index (κ2) is 10.1. The minimum Gasteiger partial charge on any atom is -0.382 e. The lowest BCUT2D eigenvalue weighted by Crippen LogP contribution is -2.58. The van der Waals surface area contributed by atoms with E-state index in [0.29, 0.717) is 19.5 Å². The summed E-state index contributed by atoms with van der Waals surface area (Å²) in [5.41, 5.74) is 10.3. The van der Waals surface area contributed by atoms with Crippen LogP contribution in [0, 0.1) is 0 Å². The Hall–Kier alpha value is -4.33. The Bertz CT molecular complexity index is 1490. The van der Waals surface area contributed by atoms with Crippen LogP contribution < -0.4 is 10.6 Å². The lowest BCUT2D eigenvalue weighted by atomic mass is 9.70. The SMILES string of the molecule is NC(=O)C(O)C1CC2(CCN1Cc1ccccn1)C(=O)N(c1ccc(-c3ccccc3)cc1)c1ccccc12. The standard InChI is InChI=1S/C32H30N4O3/c33-30(38)29(37)28-20-32(17-19-35(28)21-24-10-6-7-18-34-24)26-11-4-5-12-27(26)36(31(32)39)25-15-13-23(14-16-25)22-8-2-1-3-9-22/h1-16,18,28-29,37H,17,19-21H2,(H2,33,38). The third-order valence-corrected chi connectivity index (χ3v) is 8.11. The highest BCUT2D eigenvalue weighted by atomic mass is 16.3. The Morgan fingerprint density at radius 3 is 2.36 bits per heavy atom. The minimum atomic E-state index is -1.41. The van der Waals surface area contributed by atoms with Crippen molar-refractivity contribution in [2.45, 2.75) is 36.9 Å². The zero-order valence-electron chi connectivity index (χ0n) is 21.5. The maximum Gasteiger partial charge on any atom is 0.247 e. The molecule has 3 aromatic carbocycles. The number of nitrogens with zero attached hydrogens (tertiary/aromatic N) is 3. The molecule has 196 valence electrons. The van der Waals surface area contributed by atoms with E-state index >= 15 is 0 Å². The highest BCUT2D eigenvalue weighted by molar-refractivity contribution is 6.13. The van der Waals surface area contributed by atoms with Gasteiger partial charge < -0.3 is 10.8 Å². The first kappa shape index (κ1) is 25.0. The maximum atomic E-state index is 14.4. The number of rotatable bonds is 6. The average Bonchev–Trinajstić information content (AvgIpc) is 3.21. The number of piperidine rings is 1. The number of hydrogen-bond donors (Lipinski definition) is 2. The number of amides is 2. The second-order valence-electron chi connectivity index (χ2n) is 10.3. The van der Waals surface area contributed by atoms with Crippen molar-refractivity contribution in [1.82, 2.24) is 9.88 Å². The molecule has 0 radical (unpaired) electrons. The van der Waals surface area contributed by atoms with Gasteiger partial charge in [-0.1, -0.05) is 66.7 Å². The van der Waals surface area contributed by atoms with Gasteiger partial charge in [0, 0.05) is 31.0 Å². The van der Waals surface area contributed by atoms with Crippen LogP contribution in [0.1, 0.15) is 24.1 Å². The zero-order valence-corrected chi connectivity index (χ0v) is 21.5. The molecule has 7 heteroatoms. The third-order valence-electron chi connectivity index (χ3n) is 8.11. The van der Waals surface area contributed by atoms with Gasteiger partial charge in [-0.3, -0.25) is 24.4 Å². The Labute approximate surface area is 227 Å². The normalized spacial score (nSPS) is 21.6. The average molecular weight is 519 g/mol. The van der Waals surface area contributed by atoms with Gasteiger partial charge in [-0.25, -0.2) is 0 Å². The molecule has 6 rings (SSSR count). The lowest BCUT2D eigenvalue weighted by molar-refractivity contribution is -0.135. The van der Waals surface area contributed by atoms with Crippen LogP contribution in [-0.4, -0.2) is 45.5 Å². The lowest BCUT2D eigenvalue weighted by Gasteiger charge is -2.45. The quantitative estimate of drug-likeness (QED) is 0.399. The summed E-state index contributed by atoms with van der Waals surface area (Å²) in [6.07, 6.45) is 1.14. The number of fused-ring (bicyclic) bond motifs is 2. The van der Waals surface area contributed by atoms with Crippen LogP contribution in [0.4, 0.5) is 11.4 Å². The Morgan fingerprint density at radius 2 is 1.64 bits per heavy atom. The number of carbonyl (C=O) groups excluding carboxylic acids is 2. The summed E-state index contributed by atoms with van der Waals surface area (Å²) >= 11 is 0. The molecule has 1 aromatic heterocycles. The Balaban J connectivity index is 1.36. The molecule has 3 unspecified atom stereocenters. The minimum absolute atomic E-state index is 0.0460. The van der Waals surface area contributed by atoms with Crippen LogP contribution in [0.3, 0.4) is 0 Å². The van der Waals surface area contributed by atoms with Gasteiger partial charge in [0.2, 0.25) is 11.8 Å². The number of carbonyl (C=O) groups is 2. The molecule has 2 aliphatic heterocycles. The molecular formula is C32H30N4O3. The molecule has 1 spiro atoms. The molecule has 3 heterocycles. The van der Waals surface area contributed by atoms with Crippen molar-refractivity contribution < 1.29 is 14.7 Å². The van der Waals surface area contributed by atoms with E-state index in [1.165, 1.54) is 0 Å². The third kappa shape index (κ3) is 4.39. The highest BCUT2D eigenvalue weighted by Gasteiger charge is 2.56. The number of para-hydroxylation sites is 1. The monoisotopic (exact) mass is 518 g/mol. The van der Waals surface area contributed by atoms with Gasteiger partial charge in [-0.05, 0) is 59.9 Å². The van der Waals surface area contributed by atoms with Crippen LogP contribution in [0.2, 0.25) is 0 Å². The fourth-order valence-corrected chi connectivity index (χ4v) is 6.13. The predicted molar refractivity (Wildman–Crippen MR) is 150 cm³/mol. The van der Waals surface area contributed by atoms with Crippen LogP contribution in [-0.2, 0) is 21.5 Å². The zero-order chi connectivity index (χ0) is 27.0. The van der Waals surface area contributed by atoms with Gasteiger partial charge in [0.1, 0.15) is 6.10 Å². The number of primary amides is 1. The van der Waals surface area contributed by atoms with Crippen LogP contribution in [0.15, 0.2) is 103 Å². The molecule has 7 nitrogen and oxygen atoms in total. The van der Waals surface area contributed by atoms with E-state index in [0.717, 1.165) is 33.8 Å². The number of nitrogens with two attached hydrogens (primary N) is 1. The number of hydrogen-bond acceptors (Lipinski definition) is 5. The van der Waals surface area contributed by atoms with E-state index in [1.54, 1.807) is 11.1 Å². The van der Waals surface area contributed by atoms with E-state index in [1.807, 2.05) is 89.8 Å². The number of likely N-dealkylation sites (tertiary alicyclic amines) is 1.